The number of halogens is 1. The zero-order valence-corrected chi connectivity index (χ0v) is 16.9. The highest BCUT2D eigenvalue weighted by Crippen LogP contribution is 2.23. The summed E-state index contributed by atoms with van der Waals surface area (Å²) in [6.45, 7) is 2.42. The molecule has 0 saturated carbocycles. The fraction of sp³-hybridized carbons (Fsp3) is 0.190. The Hall–Kier alpha value is -3.36. The van der Waals surface area contributed by atoms with Crippen LogP contribution in [-0.4, -0.2) is 33.9 Å². The van der Waals surface area contributed by atoms with Gasteiger partial charge in [-0.25, -0.2) is 4.63 Å². The van der Waals surface area contributed by atoms with E-state index in [1.54, 1.807) is 0 Å². The van der Waals surface area contributed by atoms with Gasteiger partial charge in [-0.1, -0.05) is 41.9 Å². The lowest BCUT2D eigenvalue weighted by molar-refractivity contribution is 0.0944. The molecule has 9 heteroatoms. The highest BCUT2D eigenvalue weighted by Gasteiger charge is 2.15. The fourth-order valence-electron chi connectivity index (χ4n) is 3.35. The lowest BCUT2D eigenvalue weighted by Crippen LogP contribution is -2.32. The Kier molecular flexibility index (Phi) is 5.97. The van der Waals surface area contributed by atoms with E-state index < -0.39 is 5.91 Å². The topological polar surface area (TPSA) is 111 Å². The first kappa shape index (κ1) is 19.9. The molecule has 8 nitrogen and oxygen atoms in total. The highest BCUT2D eigenvalue weighted by molar-refractivity contribution is 6.30. The van der Waals surface area contributed by atoms with Crippen molar-refractivity contribution >= 4 is 34.2 Å². The van der Waals surface area contributed by atoms with Gasteiger partial charge in [0.05, 0.1) is 0 Å². The number of nitrogens with two attached hydrogens (primary N) is 1. The first-order valence-corrected chi connectivity index (χ1v) is 9.88. The number of fused-ring (bicyclic) bond motifs is 1. The Labute approximate surface area is 178 Å². The number of hydrogen-bond donors (Lipinski definition) is 3. The third-order valence-corrected chi connectivity index (χ3v) is 4.98. The molecular weight excluding hydrogens is 404 g/mol. The third kappa shape index (κ3) is 4.45. The molecule has 0 aliphatic carbocycles. The maximum absolute atomic E-state index is 11.9. The molecule has 0 radical (unpaired) electrons. The zero-order chi connectivity index (χ0) is 20.9. The van der Waals surface area contributed by atoms with Crippen molar-refractivity contribution < 1.29 is 9.42 Å². The first-order chi connectivity index (χ1) is 14.6. The maximum Gasteiger partial charge on any atom is 0.277 e. The lowest BCUT2D eigenvalue weighted by atomic mass is 10.2. The molecule has 2 aromatic heterocycles. The summed E-state index contributed by atoms with van der Waals surface area (Å²) in [6, 6.07) is 16.2. The number of carbonyl (C=O) groups is 1. The summed E-state index contributed by atoms with van der Waals surface area (Å²) >= 11 is 6.13. The van der Waals surface area contributed by atoms with E-state index in [1.807, 2.05) is 30.3 Å². The van der Waals surface area contributed by atoms with Crippen LogP contribution in [-0.2, 0) is 13.1 Å². The number of nitrogens with zero attached hydrogens (tertiary/aromatic N) is 3. The monoisotopic (exact) mass is 424 g/mol. The number of benzene rings is 2. The molecule has 4 rings (SSSR count). The van der Waals surface area contributed by atoms with Gasteiger partial charge in [-0.3, -0.25) is 4.79 Å². The summed E-state index contributed by atoms with van der Waals surface area (Å²) in [7, 11) is 0. The molecule has 0 atom stereocenters. The van der Waals surface area contributed by atoms with Crippen molar-refractivity contribution in [2.24, 2.45) is 0 Å². The molecule has 2 heterocycles. The van der Waals surface area contributed by atoms with Crippen molar-refractivity contribution in [1.29, 1.82) is 0 Å². The van der Waals surface area contributed by atoms with Gasteiger partial charge in [-0.2, -0.15) is 0 Å². The second kappa shape index (κ2) is 8.98. The number of nitrogens with one attached hydrogen (secondary N) is 2. The largest absolute Gasteiger partial charge is 0.379 e. The normalized spacial score (nSPS) is 11.1. The number of nitrogen functional groups attached to an aromatic ring is 1. The standard InChI is InChI=1S/C21H21ClN6O2/c22-16-5-3-4-14(10-16)12-28-13-15(17-6-1-2-7-18(17)28)11-24-8-9-25-21(29)19-20(23)27-30-26-19/h1-7,10,13,24H,8-9,11-12H2,(H2,23,27)(H,25,29). The minimum Gasteiger partial charge on any atom is -0.379 e. The Morgan fingerprint density at radius 1 is 1.13 bits per heavy atom. The van der Waals surface area contributed by atoms with Crippen LogP contribution in [0.5, 0.6) is 0 Å². The number of carbonyl (C=O) groups excluding carboxylic acids is 1. The molecule has 0 aliphatic heterocycles. The van der Waals surface area contributed by atoms with Crippen molar-refractivity contribution in [2.75, 3.05) is 18.8 Å². The van der Waals surface area contributed by atoms with Crippen molar-refractivity contribution in [3.05, 3.63) is 76.6 Å². The van der Waals surface area contributed by atoms with Crippen LogP contribution in [0.15, 0.2) is 59.4 Å². The fourth-order valence-corrected chi connectivity index (χ4v) is 3.56. The molecule has 0 unspecified atom stereocenters. The Balaban J connectivity index is 1.37. The molecule has 0 bridgehead atoms. The maximum atomic E-state index is 11.9. The molecule has 0 spiro atoms. The number of hydrogen-bond acceptors (Lipinski definition) is 6. The first-order valence-electron chi connectivity index (χ1n) is 9.50. The molecule has 4 N–H and O–H groups in total. The molecule has 0 aliphatic rings. The lowest BCUT2D eigenvalue weighted by Gasteiger charge is -2.06. The minimum atomic E-state index is -0.409. The molecule has 2 aromatic carbocycles. The van der Waals surface area contributed by atoms with Crippen LogP contribution < -0.4 is 16.4 Å². The smallest absolute Gasteiger partial charge is 0.277 e. The summed E-state index contributed by atoms with van der Waals surface area (Å²) in [5, 5.41) is 14.9. The average Bonchev–Trinajstić information content (AvgIpc) is 3.32. The van der Waals surface area contributed by atoms with Crippen LogP contribution in [0.1, 0.15) is 21.6 Å². The van der Waals surface area contributed by atoms with Crippen molar-refractivity contribution in [3.8, 4) is 0 Å². The second-order valence-corrected chi connectivity index (χ2v) is 7.30. The summed E-state index contributed by atoms with van der Waals surface area (Å²) < 4.78 is 6.66. The molecule has 4 aromatic rings. The van der Waals surface area contributed by atoms with Gasteiger partial charge in [0.25, 0.3) is 5.91 Å². The Morgan fingerprint density at radius 3 is 2.80 bits per heavy atom. The van der Waals surface area contributed by atoms with E-state index in [9.17, 15) is 4.79 Å². The van der Waals surface area contributed by atoms with E-state index in [0.717, 1.165) is 22.6 Å². The van der Waals surface area contributed by atoms with E-state index in [0.29, 0.717) is 19.6 Å². The summed E-state index contributed by atoms with van der Waals surface area (Å²) in [6.07, 6.45) is 2.15. The summed E-state index contributed by atoms with van der Waals surface area (Å²) in [5.74, 6) is -0.429. The van der Waals surface area contributed by atoms with Gasteiger partial charge in [0.2, 0.25) is 11.5 Å². The summed E-state index contributed by atoms with van der Waals surface area (Å²) in [4.78, 5) is 11.9. The van der Waals surface area contributed by atoms with Gasteiger partial charge >= 0.3 is 0 Å². The molecule has 0 saturated heterocycles. The SMILES string of the molecule is Nc1nonc1C(=O)NCCNCc1cn(Cc2cccc(Cl)c2)c2ccccc12. The van der Waals surface area contributed by atoms with Crippen LogP contribution in [0.3, 0.4) is 0 Å². The molecular formula is C21H21ClN6O2. The number of amides is 1. The number of para-hydroxylation sites is 1. The molecule has 30 heavy (non-hydrogen) atoms. The van der Waals surface area contributed by atoms with Crippen molar-refractivity contribution in [2.45, 2.75) is 13.1 Å². The highest BCUT2D eigenvalue weighted by atomic mass is 35.5. The Bertz CT molecular complexity index is 1170. The number of aromatic nitrogens is 3. The van der Waals surface area contributed by atoms with Crippen LogP contribution in [0.25, 0.3) is 10.9 Å². The summed E-state index contributed by atoms with van der Waals surface area (Å²) in [5.41, 5.74) is 9.01. The van der Waals surface area contributed by atoms with E-state index in [1.165, 1.54) is 10.9 Å². The minimum absolute atomic E-state index is 0.000846. The van der Waals surface area contributed by atoms with Crippen molar-refractivity contribution in [3.63, 3.8) is 0 Å². The third-order valence-electron chi connectivity index (χ3n) is 4.74. The molecule has 0 fully saturated rings. The van der Waals surface area contributed by atoms with Gasteiger partial charge in [-0.15, -0.1) is 0 Å². The molecule has 154 valence electrons. The average molecular weight is 425 g/mol. The van der Waals surface area contributed by atoms with Crippen LogP contribution in [0.4, 0.5) is 5.82 Å². The van der Waals surface area contributed by atoms with Gasteiger partial charge in [0.1, 0.15) is 0 Å². The van der Waals surface area contributed by atoms with Gasteiger partial charge in [0.15, 0.2) is 0 Å². The second-order valence-electron chi connectivity index (χ2n) is 6.86. The van der Waals surface area contributed by atoms with E-state index in [4.69, 9.17) is 17.3 Å². The van der Waals surface area contributed by atoms with Crippen LogP contribution in [0, 0.1) is 0 Å². The Morgan fingerprint density at radius 2 is 2.00 bits per heavy atom. The van der Waals surface area contributed by atoms with E-state index in [-0.39, 0.29) is 11.5 Å². The zero-order valence-electron chi connectivity index (χ0n) is 16.1. The van der Waals surface area contributed by atoms with Gasteiger partial charge in [0, 0.05) is 48.3 Å². The van der Waals surface area contributed by atoms with E-state index >= 15 is 0 Å². The van der Waals surface area contributed by atoms with E-state index in [2.05, 4.69) is 54.5 Å². The van der Waals surface area contributed by atoms with Crippen molar-refractivity contribution in [1.82, 2.24) is 25.5 Å². The predicted molar refractivity (Wildman–Crippen MR) is 115 cm³/mol. The quantitative estimate of drug-likeness (QED) is 0.375. The predicted octanol–water partition coefficient (Wildman–Crippen LogP) is 2.83. The molecule has 1 amide bonds. The number of anilines is 1. The van der Waals surface area contributed by atoms with Crippen LogP contribution in [0.2, 0.25) is 5.02 Å². The van der Waals surface area contributed by atoms with Gasteiger partial charge < -0.3 is 20.9 Å². The number of rotatable bonds is 8. The van der Waals surface area contributed by atoms with Gasteiger partial charge in [-0.05, 0) is 39.6 Å². The van der Waals surface area contributed by atoms with Crippen LogP contribution >= 0.6 is 11.6 Å².